The van der Waals surface area contributed by atoms with Gasteiger partial charge in [-0.1, -0.05) is 32.9 Å². The number of hydrogen-bond acceptors (Lipinski definition) is 7. The minimum Gasteiger partial charge on any atom is -0.507 e. The maximum atomic E-state index is 12.7. The number of para-hydroxylation sites is 2. The van der Waals surface area contributed by atoms with Gasteiger partial charge in [0.05, 0.1) is 17.7 Å². The van der Waals surface area contributed by atoms with Gasteiger partial charge in [0.25, 0.3) is 10.0 Å². The van der Waals surface area contributed by atoms with Crippen molar-refractivity contribution in [2.45, 2.75) is 25.7 Å². The summed E-state index contributed by atoms with van der Waals surface area (Å²) in [6.07, 6.45) is 0. The molecule has 8 nitrogen and oxygen atoms in total. The van der Waals surface area contributed by atoms with Crippen LogP contribution < -0.4 is 9.46 Å². The molecule has 2 aromatic carbocycles. The van der Waals surface area contributed by atoms with Crippen molar-refractivity contribution >= 4 is 27.5 Å². The van der Waals surface area contributed by atoms with E-state index >= 15 is 0 Å². The van der Waals surface area contributed by atoms with Gasteiger partial charge in [-0.3, -0.25) is 9.52 Å². The third kappa shape index (κ3) is 5.47. The maximum absolute atomic E-state index is 12.7. The smallest absolute Gasteiger partial charge is 0.342 e. The van der Waals surface area contributed by atoms with Crippen LogP contribution in [0.15, 0.2) is 47.4 Å². The molecule has 0 bridgehead atoms. The topological polar surface area (TPSA) is 119 Å². The molecular formula is C20H23NO7S. The highest BCUT2D eigenvalue weighted by Crippen LogP contribution is 2.28. The van der Waals surface area contributed by atoms with Crippen LogP contribution in [0, 0.1) is 5.41 Å². The lowest BCUT2D eigenvalue weighted by atomic mass is 9.91. The fraction of sp³-hybridized carbons (Fsp3) is 0.300. The third-order valence-electron chi connectivity index (χ3n) is 4.02. The number of ether oxygens (including phenoxy) is 2. The predicted octanol–water partition coefficient (Wildman–Crippen LogP) is 2.97. The Bertz CT molecular complexity index is 1020. The zero-order valence-corrected chi connectivity index (χ0v) is 17.4. The number of aromatic hydroxyl groups is 1. The third-order valence-corrected chi connectivity index (χ3v) is 5.38. The largest absolute Gasteiger partial charge is 0.507 e. The lowest BCUT2D eigenvalue weighted by Crippen LogP contribution is -2.26. The van der Waals surface area contributed by atoms with Gasteiger partial charge in [0.1, 0.15) is 17.1 Å². The molecule has 0 atom stereocenters. The van der Waals surface area contributed by atoms with Crippen molar-refractivity contribution in [1.82, 2.24) is 0 Å². The summed E-state index contributed by atoms with van der Waals surface area (Å²) in [5, 5.41) is 9.95. The van der Waals surface area contributed by atoms with Crippen LogP contribution in [0.2, 0.25) is 0 Å². The minimum atomic E-state index is -4.09. The number of hydrogen-bond donors (Lipinski definition) is 2. The number of ketones is 1. The van der Waals surface area contributed by atoms with Crippen LogP contribution in [-0.2, 0) is 19.6 Å². The van der Waals surface area contributed by atoms with E-state index < -0.39 is 33.8 Å². The molecule has 0 heterocycles. The standard InChI is InChI=1S/C20H23NO7S/c1-20(2,3)18(23)12-28-19(24)14-11-13(9-10-16(14)22)29(25,26)21-15-7-5-6-8-17(15)27-4/h5-11,21-22H,12H2,1-4H3. The molecular weight excluding hydrogens is 398 g/mol. The van der Waals surface area contributed by atoms with Crippen molar-refractivity contribution < 1.29 is 32.6 Å². The Balaban J connectivity index is 2.27. The minimum absolute atomic E-state index is 0.211. The first-order chi connectivity index (χ1) is 13.5. The molecule has 0 fully saturated rings. The number of phenols is 1. The zero-order valence-electron chi connectivity index (χ0n) is 16.6. The van der Waals surface area contributed by atoms with Crippen LogP contribution in [0.5, 0.6) is 11.5 Å². The van der Waals surface area contributed by atoms with Gasteiger partial charge in [-0.05, 0) is 30.3 Å². The highest BCUT2D eigenvalue weighted by Gasteiger charge is 2.25. The van der Waals surface area contributed by atoms with Gasteiger partial charge < -0.3 is 14.6 Å². The Morgan fingerprint density at radius 3 is 2.38 bits per heavy atom. The van der Waals surface area contributed by atoms with Gasteiger partial charge >= 0.3 is 5.97 Å². The number of methoxy groups -OCH3 is 1. The summed E-state index contributed by atoms with van der Waals surface area (Å²) >= 11 is 0. The van der Waals surface area contributed by atoms with Gasteiger partial charge in [0.15, 0.2) is 12.4 Å². The monoisotopic (exact) mass is 421 g/mol. The molecule has 0 aliphatic rings. The number of nitrogens with one attached hydrogen (secondary N) is 1. The first-order valence-electron chi connectivity index (χ1n) is 8.65. The average molecular weight is 421 g/mol. The Morgan fingerprint density at radius 1 is 1.10 bits per heavy atom. The molecule has 0 spiro atoms. The lowest BCUT2D eigenvalue weighted by Gasteiger charge is -2.16. The Kier molecular flexibility index (Phi) is 6.53. The van der Waals surface area contributed by atoms with E-state index in [1.165, 1.54) is 13.2 Å². The van der Waals surface area contributed by atoms with Crippen LogP contribution >= 0.6 is 0 Å². The number of phenolic OH excluding ortho intramolecular Hbond substituents is 1. The number of rotatable bonds is 7. The second-order valence-corrected chi connectivity index (χ2v) is 8.92. The lowest BCUT2D eigenvalue weighted by molar-refractivity contribution is -0.129. The SMILES string of the molecule is COc1ccccc1NS(=O)(=O)c1ccc(O)c(C(=O)OCC(=O)C(C)(C)C)c1. The molecule has 0 radical (unpaired) electrons. The number of carbonyl (C=O) groups is 2. The maximum Gasteiger partial charge on any atom is 0.342 e. The van der Waals surface area contributed by atoms with Crippen molar-refractivity contribution in [2.24, 2.45) is 5.41 Å². The van der Waals surface area contributed by atoms with Crippen LogP contribution in [0.3, 0.4) is 0 Å². The molecule has 2 aromatic rings. The van der Waals surface area contributed by atoms with E-state index in [1.807, 2.05) is 0 Å². The van der Waals surface area contributed by atoms with Gasteiger partial charge in [-0.15, -0.1) is 0 Å². The summed E-state index contributed by atoms with van der Waals surface area (Å²) in [5.41, 5.74) is -0.857. The van der Waals surface area contributed by atoms with E-state index in [2.05, 4.69) is 4.72 Å². The van der Waals surface area contributed by atoms with Gasteiger partial charge in [-0.25, -0.2) is 13.2 Å². The number of carbonyl (C=O) groups excluding carboxylic acids is 2. The molecule has 0 saturated carbocycles. The van der Waals surface area contributed by atoms with Crippen molar-refractivity contribution in [2.75, 3.05) is 18.4 Å². The van der Waals surface area contributed by atoms with Gasteiger partial charge in [0.2, 0.25) is 0 Å². The number of benzene rings is 2. The van der Waals surface area contributed by atoms with E-state index in [1.54, 1.807) is 39.0 Å². The average Bonchev–Trinajstić information content (AvgIpc) is 2.65. The molecule has 0 unspecified atom stereocenters. The normalized spacial score (nSPS) is 11.6. The number of Topliss-reactive ketones (excluding diaryl/α,β-unsaturated/α-hetero) is 1. The fourth-order valence-electron chi connectivity index (χ4n) is 2.20. The summed E-state index contributed by atoms with van der Waals surface area (Å²) in [4.78, 5) is 23.9. The second kappa shape index (κ2) is 8.52. The predicted molar refractivity (Wildman–Crippen MR) is 107 cm³/mol. The van der Waals surface area contributed by atoms with Crippen molar-refractivity contribution in [3.8, 4) is 11.5 Å². The van der Waals surface area contributed by atoms with Crippen LogP contribution in [-0.4, -0.2) is 39.0 Å². The highest BCUT2D eigenvalue weighted by atomic mass is 32.2. The summed E-state index contributed by atoms with van der Waals surface area (Å²) in [5.74, 6) is -1.47. The molecule has 0 saturated heterocycles. The molecule has 2 rings (SSSR count). The van der Waals surface area contributed by atoms with Crippen LogP contribution in [0.1, 0.15) is 31.1 Å². The van der Waals surface area contributed by atoms with E-state index in [-0.39, 0.29) is 21.9 Å². The van der Waals surface area contributed by atoms with Crippen LogP contribution in [0.25, 0.3) is 0 Å². The molecule has 0 aliphatic heterocycles. The molecule has 0 amide bonds. The second-order valence-electron chi connectivity index (χ2n) is 7.23. The highest BCUT2D eigenvalue weighted by molar-refractivity contribution is 7.92. The van der Waals surface area contributed by atoms with Gasteiger partial charge in [0, 0.05) is 5.41 Å². The summed E-state index contributed by atoms with van der Waals surface area (Å²) in [7, 11) is -2.69. The molecule has 0 aromatic heterocycles. The summed E-state index contributed by atoms with van der Waals surface area (Å²) < 4.78 is 37.8. The van der Waals surface area contributed by atoms with E-state index in [4.69, 9.17) is 9.47 Å². The quantitative estimate of drug-likeness (QED) is 0.660. The first kappa shape index (κ1) is 22.2. The van der Waals surface area contributed by atoms with E-state index in [9.17, 15) is 23.1 Å². The molecule has 156 valence electrons. The van der Waals surface area contributed by atoms with Crippen LogP contribution in [0.4, 0.5) is 5.69 Å². The van der Waals surface area contributed by atoms with Crippen molar-refractivity contribution in [1.29, 1.82) is 0 Å². The molecule has 2 N–H and O–H groups in total. The molecule has 9 heteroatoms. The van der Waals surface area contributed by atoms with Gasteiger partial charge in [-0.2, -0.15) is 0 Å². The first-order valence-corrected chi connectivity index (χ1v) is 10.1. The number of anilines is 1. The zero-order chi connectivity index (χ0) is 21.8. The Hall–Kier alpha value is -3.07. The Labute approximate surface area is 169 Å². The summed E-state index contributed by atoms with van der Waals surface area (Å²) in [6.45, 7) is 4.55. The Morgan fingerprint density at radius 2 is 1.76 bits per heavy atom. The summed E-state index contributed by atoms with van der Waals surface area (Å²) in [6, 6.07) is 9.62. The molecule has 29 heavy (non-hydrogen) atoms. The fourth-order valence-corrected chi connectivity index (χ4v) is 3.30. The number of sulfonamides is 1. The van der Waals surface area contributed by atoms with E-state index in [0.29, 0.717) is 5.75 Å². The van der Waals surface area contributed by atoms with E-state index in [0.717, 1.165) is 18.2 Å². The van der Waals surface area contributed by atoms with Crippen molar-refractivity contribution in [3.05, 3.63) is 48.0 Å². The number of esters is 1. The molecule has 0 aliphatic carbocycles. The van der Waals surface area contributed by atoms with Crippen molar-refractivity contribution in [3.63, 3.8) is 0 Å².